The van der Waals surface area contributed by atoms with Crippen molar-refractivity contribution in [1.82, 2.24) is 0 Å². The van der Waals surface area contributed by atoms with Gasteiger partial charge in [-0.25, -0.2) is 0 Å². The van der Waals surface area contributed by atoms with Crippen LogP contribution in [0, 0.1) is 18.8 Å². The second-order valence-electron chi connectivity index (χ2n) is 8.70. The van der Waals surface area contributed by atoms with Gasteiger partial charge in [0.25, 0.3) is 0 Å². The average Bonchev–Trinajstić information content (AvgIpc) is 2.71. The Bertz CT molecular complexity index is 590. The average molecular weight is 399 g/mol. The molecule has 1 aliphatic carbocycles. The van der Waals surface area contributed by atoms with Crippen molar-refractivity contribution in [2.75, 3.05) is 0 Å². The van der Waals surface area contributed by atoms with Crippen LogP contribution in [0.1, 0.15) is 115 Å². The molecule has 0 radical (unpaired) electrons. The fourth-order valence-corrected chi connectivity index (χ4v) is 4.82. The van der Waals surface area contributed by atoms with Crippen molar-refractivity contribution in [2.24, 2.45) is 11.8 Å². The third-order valence-electron chi connectivity index (χ3n) is 6.14. The summed E-state index contributed by atoms with van der Waals surface area (Å²) in [6, 6.07) is 5.07. The van der Waals surface area contributed by atoms with Crippen molar-refractivity contribution >= 4 is 0 Å². The van der Waals surface area contributed by atoms with Crippen molar-refractivity contribution in [3.63, 3.8) is 0 Å². The highest BCUT2D eigenvalue weighted by Crippen LogP contribution is 2.44. The first kappa shape index (κ1) is 27.7. The van der Waals surface area contributed by atoms with Crippen molar-refractivity contribution in [1.29, 1.82) is 0 Å². The number of hydrogen-bond donors (Lipinski definition) is 0. The fraction of sp³-hybridized carbons (Fsp3) is 0.655. The Hall–Kier alpha value is -1.30. The molecule has 0 aromatic heterocycles. The number of allylic oxidation sites excluding steroid dienone is 2. The first-order chi connectivity index (χ1) is 14.0. The second-order valence-corrected chi connectivity index (χ2v) is 8.70. The molecule has 0 heterocycles. The van der Waals surface area contributed by atoms with E-state index < -0.39 is 0 Å². The van der Waals surface area contributed by atoms with E-state index in [-0.39, 0.29) is 0 Å². The third-order valence-corrected chi connectivity index (χ3v) is 6.14. The lowest BCUT2D eigenvalue weighted by molar-refractivity contribution is 0.303. The maximum absolute atomic E-state index is 3.00. The van der Waals surface area contributed by atoms with E-state index in [1.54, 1.807) is 27.8 Å². The summed E-state index contributed by atoms with van der Waals surface area (Å²) in [4.78, 5) is 0. The molecule has 2 rings (SSSR count). The Labute approximate surface area is 183 Å². The monoisotopic (exact) mass is 398 g/mol. The van der Waals surface area contributed by atoms with E-state index in [4.69, 9.17) is 0 Å². The molecule has 0 fully saturated rings. The van der Waals surface area contributed by atoms with Gasteiger partial charge in [-0.1, -0.05) is 84.6 Å². The normalized spacial score (nSPS) is 18.3. The van der Waals surface area contributed by atoms with E-state index in [2.05, 4.69) is 72.9 Å². The molecule has 1 aromatic carbocycles. The Kier molecular flexibility index (Phi) is 14.8. The standard InChI is InChI=1S/C25H40.C2H6.C2H4/c1-7-9-10-12-21-16-20(6)25(22(17-21)11-8-2)24-15-19(5)13-14-23(24)18(3)4;2*1-2/h13,16-18,23-24H,7-12,14-15H2,1-6H3;1-2H3;1-2H2. The van der Waals surface area contributed by atoms with Crippen LogP contribution in [0.25, 0.3) is 0 Å². The zero-order valence-electron chi connectivity index (χ0n) is 21.0. The highest BCUT2D eigenvalue weighted by molar-refractivity contribution is 5.43. The molecule has 0 amide bonds. The largest absolute Gasteiger partial charge is 0.106 e. The number of unbranched alkanes of at least 4 members (excludes halogenated alkanes) is 2. The van der Waals surface area contributed by atoms with Gasteiger partial charge >= 0.3 is 0 Å². The summed E-state index contributed by atoms with van der Waals surface area (Å²) in [5, 5.41) is 0. The van der Waals surface area contributed by atoms with Gasteiger partial charge in [-0.2, -0.15) is 0 Å². The van der Waals surface area contributed by atoms with Gasteiger partial charge in [0.05, 0.1) is 0 Å². The maximum atomic E-state index is 3.00. The van der Waals surface area contributed by atoms with Gasteiger partial charge in [0.15, 0.2) is 0 Å². The second kappa shape index (κ2) is 15.5. The van der Waals surface area contributed by atoms with Crippen LogP contribution < -0.4 is 0 Å². The molecule has 0 aliphatic heterocycles. The molecular formula is C29H50. The van der Waals surface area contributed by atoms with Crippen LogP contribution in [0.3, 0.4) is 0 Å². The lowest BCUT2D eigenvalue weighted by Gasteiger charge is -2.36. The molecule has 0 nitrogen and oxygen atoms in total. The summed E-state index contributed by atoms with van der Waals surface area (Å²) >= 11 is 0. The lowest BCUT2D eigenvalue weighted by Crippen LogP contribution is -2.23. The van der Waals surface area contributed by atoms with Crippen LogP contribution in [-0.2, 0) is 12.8 Å². The molecule has 1 aromatic rings. The van der Waals surface area contributed by atoms with E-state index in [0.717, 1.165) is 17.8 Å². The van der Waals surface area contributed by atoms with Gasteiger partial charge in [0.2, 0.25) is 0 Å². The van der Waals surface area contributed by atoms with Crippen molar-refractivity contribution in [2.45, 2.75) is 113 Å². The van der Waals surface area contributed by atoms with Crippen molar-refractivity contribution < 1.29 is 0 Å². The van der Waals surface area contributed by atoms with E-state index in [9.17, 15) is 0 Å². The molecule has 0 saturated carbocycles. The Morgan fingerprint density at radius 3 is 2.17 bits per heavy atom. The number of benzene rings is 1. The zero-order chi connectivity index (χ0) is 22.4. The van der Waals surface area contributed by atoms with Gasteiger partial charge in [-0.05, 0) is 86.0 Å². The SMILES string of the molecule is C=C.CC.CCCCCc1cc(C)c(C2CC(C)=CCC2C(C)C)c(CCC)c1. The van der Waals surface area contributed by atoms with E-state index in [0.29, 0.717) is 0 Å². The van der Waals surface area contributed by atoms with Crippen LogP contribution in [-0.4, -0.2) is 0 Å². The summed E-state index contributed by atoms with van der Waals surface area (Å²) in [6.45, 7) is 24.2. The predicted octanol–water partition coefficient (Wildman–Crippen LogP) is 9.60. The van der Waals surface area contributed by atoms with Gasteiger partial charge in [0, 0.05) is 0 Å². The Morgan fingerprint density at radius 1 is 0.966 bits per heavy atom. The first-order valence-electron chi connectivity index (χ1n) is 12.3. The van der Waals surface area contributed by atoms with Crippen LogP contribution in [0.4, 0.5) is 0 Å². The van der Waals surface area contributed by atoms with E-state index in [1.807, 2.05) is 13.8 Å². The zero-order valence-corrected chi connectivity index (χ0v) is 21.0. The minimum Gasteiger partial charge on any atom is -0.106 e. The number of hydrogen-bond acceptors (Lipinski definition) is 0. The summed E-state index contributed by atoms with van der Waals surface area (Å²) < 4.78 is 0. The van der Waals surface area contributed by atoms with Crippen LogP contribution in [0.5, 0.6) is 0 Å². The number of aryl methyl sites for hydroxylation is 3. The van der Waals surface area contributed by atoms with Crippen molar-refractivity contribution in [3.8, 4) is 0 Å². The minimum atomic E-state index is 0.719. The van der Waals surface area contributed by atoms with Gasteiger partial charge < -0.3 is 0 Å². The molecule has 29 heavy (non-hydrogen) atoms. The van der Waals surface area contributed by atoms with Crippen LogP contribution in [0.15, 0.2) is 36.9 Å². The molecule has 2 unspecified atom stereocenters. The Morgan fingerprint density at radius 2 is 1.62 bits per heavy atom. The molecule has 0 spiro atoms. The topological polar surface area (TPSA) is 0 Å². The molecule has 0 heteroatoms. The molecule has 2 atom stereocenters. The molecule has 0 N–H and O–H groups in total. The summed E-state index contributed by atoms with van der Waals surface area (Å²) in [7, 11) is 0. The number of rotatable bonds is 8. The summed E-state index contributed by atoms with van der Waals surface area (Å²) in [5.41, 5.74) is 8.08. The molecule has 0 saturated heterocycles. The van der Waals surface area contributed by atoms with Gasteiger partial charge in [0.1, 0.15) is 0 Å². The van der Waals surface area contributed by atoms with Crippen LogP contribution >= 0.6 is 0 Å². The van der Waals surface area contributed by atoms with Gasteiger partial charge in [-0.3, -0.25) is 0 Å². The van der Waals surface area contributed by atoms with E-state index in [1.165, 1.54) is 51.4 Å². The predicted molar refractivity (Wildman–Crippen MR) is 135 cm³/mol. The van der Waals surface area contributed by atoms with E-state index >= 15 is 0 Å². The molecule has 166 valence electrons. The van der Waals surface area contributed by atoms with Crippen LogP contribution in [0.2, 0.25) is 0 Å². The highest BCUT2D eigenvalue weighted by Gasteiger charge is 2.30. The van der Waals surface area contributed by atoms with Gasteiger partial charge in [-0.15, -0.1) is 13.2 Å². The molecule has 0 bridgehead atoms. The summed E-state index contributed by atoms with van der Waals surface area (Å²) in [6.07, 6.45) is 12.8. The quantitative estimate of drug-likeness (QED) is 0.302. The third kappa shape index (κ3) is 8.53. The maximum Gasteiger partial charge on any atom is -0.00857 e. The van der Waals surface area contributed by atoms with Crippen molar-refractivity contribution in [3.05, 3.63) is 59.2 Å². The fourth-order valence-electron chi connectivity index (χ4n) is 4.82. The minimum absolute atomic E-state index is 0.719. The Balaban J connectivity index is 0.00000184. The lowest BCUT2D eigenvalue weighted by atomic mass is 9.69. The smallest absolute Gasteiger partial charge is 0.00857 e. The molecule has 1 aliphatic rings. The first-order valence-corrected chi connectivity index (χ1v) is 12.3. The summed E-state index contributed by atoms with van der Waals surface area (Å²) in [5.74, 6) is 2.27. The molecular weight excluding hydrogens is 348 g/mol. The highest BCUT2D eigenvalue weighted by atomic mass is 14.3.